The molecule has 0 aliphatic carbocycles. The van der Waals surface area contributed by atoms with Crippen molar-refractivity contribution in [2.24, 2.45) is 5.10 Å². The third kappa shape index (κ3) is 5.87. The zero-order chi connectivity index (χ0) is 20.5. The first kappa shape index (κ1) is 20.0. The van der Waals surface area contributed by atoms with Gasteiger partial charge in [-0.05, 0) is 23.8 Å². The molecule has 0 atom stereocenters. The fraction of sp³-hybridized carbons (Fsp3) is 0.0909. The van der Waals surface area contributed by atoms with E-state index in [1.165, 1.54) is 12.3 Å². The molecular formula is C22H18F2N2O3. The molecule has 1 N–H and O–H groups in total. The van der Waals surface area contributed by atoms with Crippen molar-refractivity contribution in [1.82, 2.24) is 5.43 Å². The standard InChI is InChI=1S/C22H18F2N2O3/c23-22(24)29-19-12-6-4-10-17(19)14-25-26-21(27)15-28-20-13-7-5-11-18(20)16-8-2-1-3-9-16/h1-14,22H,15H2,(H,26,27)/b25-14+. The van der Waals surface area contributed by atoms with Crippen LogP contribution in [-0.2, 0) is 4.79 Å². The van der Waals surface area contributed by atoms with E-state index in [1.54, 1.807) is 24.3 Å². The zero-order valence-electron chi connectivity index (χ0n) is 15.3. The molecule has 3 aromatic rings. The molecule has 0 fully saturated rings. The highest BCUT2D eigenvalue weighted by Gasteiger charge is 2.09. The van der Waals surface area contributed by atoms with Crippen molar-refractivity contribution in [3.8, 4) is 22.6 Å². The van der Waals surface area contributed by atoms with Crippen molar-refractivity contribution < 1.29 is 23.0 Å². The van der Waals surface area contributed by atoms with Crippen molar-refractivity contribution in [2.45, 2.75) is 6.61 Å². The highest BCUT2D eigenvalue weighted by molar-refractivity contribution is 5.85. The van der Waals surface area contributed by atoms with Crippen molar-refractivity contribution in [3.05, 3.63) is 84.4 Å². The van der Waals surface area contributed by atoms with Gasteiger partial charge >= 0.3 is 6.61 Å². The largest absolute Gasteiger partial charge is 0.483 e. The predicted octanol–water partition coefficient (Wildman–Crippen LogP) is 4.48. The van der Waals surface area contributed by atoms with Crippen molar-refractivity contribution in [3.63, 3.8) is 0 Å². The van der Waals surface area contributed by atoms with E-state index in [2.05, 4.69) is 15.3 Å². The number of carbonyl (C=O) groups is 1. The summed E-state index contributed by atoms with van der Waals surface area (Å²) in [5.41, 5.74) is 4.45. The van der Waals surface area contributed by atoms with Crippen LogP contribution >= 0.6 is 0 Å². The topological polar surface area (TPSA) is 59.9 Å². The fourth-order valence-electron chi connectivity index (χ4n) is 2.59. The second-order valence-electron chi connectivity index (χ2n) is 5.86. The summed E-state index contributed by atoms with van der Waals surface area (Å²) in [7, 11) is 0. The highest BCUT2D eigenvalue weighted by atomic mass is 19.3. The summed E-state index contributed by atoms with van der Waals surface area (Å²) >= 11 is 0. The van der Waals surface area contributed by atoms with Crippen LogP contribution < -0.4 is 14.9 Å². The van der Waals surface area contributed by atoms with Gasteiger partial charge in [0.25, 0.3) is 5.91 Å². The summed E-state index contributed by atoms with van der Waals surface area (Å²) in [5, 5.41) is 3.77. The molecular weight excluding hydrogens is 378 g/mol. The van der Waals surface area contributed by atoms with Gasteiger partial charge in [-0.2, -0.15) is 13.9 Å². The number of para-hydroxylation sites is 2. The summed E-state index contributed by atoms with van der Waals surface area (Å²) in [4.78, 5) is 12.0. The third-order valence-corrected chi connectivity index (χ3v) is 3.86. The quantitative estimate of drug-likeness (QED) is 0.451. The monoisotopic (exact) mass is 396 g/mol. The van der Waals surface area contributed by atoms with Gasteiger partial charge in [0, 0.05) is 11.1 Å². The summed E-state index contributed by atoms with van der Waals surface area (Å²) in [5.74, 6) is 0.0402. The molecule has 3 rings (SSSR count). The van der Waals surface area contributed by atoms with E-state index in [0.29, 0.717) is 11.3 Å². The lowest BCUT2D eigenvalue weighted by atomic mass is 10.1. The Morgan fingerprint density at radius 2 is 1.59 bits per heavy atom. The third-order valence-electron chi connectivity index (χ3n) is 3.86. The molecule has 0 aliphatic rings. The highest BCUT2D eigenvalue weighted by Crippen LogP contribution is 2.29. The van der Waals surface area contributed by atoms with Crippen LogP contribution in [0.3, 0.4) is 0 Å². The minimum absolute atomic E-state index is 0.0338. The van der Waals surface area contributed by atoms with E-state index < -0.39 is 12.5 Å². The Morgan fingerprint density at radius 3 is 2.34 bits per heavy atom. The first-order valence-corrected chi connectivity index (χ1v) is 8.76. The minimum atomic E-state index is -2.95. The van der Waals surface area contributed by atoms with Gasteiger partial charge in [-0.1, -0.05) is 60.7 Å². The summed E-state index contributed by atoms with van der Waals surface area (Å²) in [6, 6.07) is 23.2. The van der Waals surface area contributed by atoms with E-state index in [1.807, 2.05) is 48.5 Å². The molecule has 0 spiro atoms. The van der Waals surface area contributed by atoms with Crippen LogP contribution in [0.5, 0.6) is 11.5 Å². The maximum atomic E-state index is 12.4. The number of alkyl halides is 2. The van der Waals surface area contributed by atoms with Gasteiger partial charge in [-0.3, -0.25) is 4.79 Å². The van der Waals surface area contributed by atoms with Crippen molar-refractivity contribution in [1.29, 1.82) is 0 Å². The molecule has 0 saturated carbocycles. The summed E-state index contributed by atoms with van der Waals surface area (Å²) < 4.78 is 34.9. The van der Waals surface area contributed by atoms with Gasteiger partial charge in [-0.15, -0.1) is 0 Å². The number of nitrogens with zero attached hydrogens (tertiary/aromatic N) is 1. The van der Waals surface area contributed by atoms with Gasteiger partial charge in [0.15, 0.2) is 6.61 Å². The summed E-state index contributed by atoms with van der Waals surface area (Å²) in [6.07, 6.45) is 1.23. The Labute approximate surface area is 166 Å². The van der Waals surface area contributed by atoms with Crippen LogP contribution in [0, 0.1) is 0 Å². The molecule has 1 amide bonds. The van der Waals surface area contributed by atoms with Crippen LogP contribution in [-0.4, -0.2) is 25.3 Å². The second-order valence-corrected chi connectivity index (χ2v) is 5.86. The number of carbonyl (C=O) groups excluding carboxylic acids is 1. The molecule has 29 heavy (non-hydrogen) atoms. The number of ether oxygens (including phenoxy) is 2. The Hall–Kier alpha value is -3.74. The van der Waals surface area contributed by atoms with Crippen LogP contribution in [0.15, 0.2) is 84.0 Å². The van der Waals surface area contributed by atoms with Crippen LogP contribution in [0.4, 0.5) is 8.78 Å². The SMILES string of the molecule is O=C(COc1ccccc1-c1ccccc1)N/N=C/c1ccccc1OC(F)F. The van der Waals surface area contributed by atoms with Gasteiger partial charge in [-0.25, -0.2) is 5.43 Å². The van der Waals surface area contributed by atoms with E-state index in [9.17, 15) is 13.6 Å². The predicted molar refractivity (Wildman–Crippen MR) is 106 cm³/mol. The Bertz CT molecular complexity index is 979. The molecule has 148 valence electrons. The van der Waals surface area contributed by atoms with E-state index in [-0.39, 0.29) is 12.4 Å². The normalized spacial score (nSPS) is 10.9. The first-order valence-electron chi connectivity index (χ1n) is 8.76. The first-order chi connectivity index (χ1) is 14.1. The molecule has 0 radical (unpaired) electrons. The van der Waals surface area contributed by atoms with Crippen LogP contribution in [0.1, 0.15) is 5.56 Å². The van der Waals surface area contributed by atoms with Crippen molar-refractivity contribution in [2.75, 3.05) is 6.61 Å². The van der Waals surface area contributed by atoms with E-state index in [0.717, 1.165) is 11.1 Å². The summed E-state index contributed by atoms with van der Waals surface area (Å²) in [6.45, 7) is -3.20. The molecule has 0 unspecified atom stereocenters. The van der Waals surface area contributed by atoms with Gasteiger partial charge in [0.2, 0.25) is 0 Å². The molecule has 0 aliphatic heterocycles. The average Bonchev–Trinajstić information content (AvgIpc) is 2.74. The molecule has 7 heteroatoms. The average molecular weight is 396 g/mol. The molecule has 0 saturated heterocycles. The Balaban J connectivity index is 1.59. The maximum absolute atomic E-state index is 12.4. The van der Waals surface area contributed by atoms with Gasteiger partial charge < -0.3 is 9.47 Å². The van der Waals surface area contributed by atoms with E-state index >= 15 is 0 Å². The number of hydrogen-bond acceptors (Lipinski definition) is 4. The van der Waals surface area contributed by atoms with Crippen LogP contribution in [0.2, 0.25) is 0 Å². The number of hydrazone groups is 1. The number of halogens is 2. The minimum Gasteiger partial charge on any atom is -0.483 e. The number of rotatable bonds is 8. The Kier molecular flexibility index (Phi) is 6.89. The lowest BCUT2D eigenvalue weighted by molar-refractivity contribution is -0.123. The van der Waals surface area contributed by atoms with E-state index in [4.69, 9.17) is 4.74 Å². The second kappa shape index (κ2) is 9.98. The smallest absolute Gasteiger partial charge is 0.387 e. The van der Waals surface area contributed by atoms with Gasteiger partial charge in [0.05, 0.1) is 6.21 Å². The Morgan fingerprint density at radius 1 is 0.931 bits per heavy atom. The van der Waals surface area contributed by atoms with Gasteiger partial charge in [0.1, 0.15) is 11.5 Å². The number of benzene rings is 3. The lowest BCUT2D eigenvalue weighted by Crippen LogP contribution is -2.24. The zero-order valence-corrected chi connectivity index (χ0v) is 15.3. The maximum Gasteiger partial charge on any atom is 0.387 e. The lowest BCUT2D eigenvalue weighted by Gasteiger charge is -2.11. The molecule has 0 heterocycles. The molecule has 3 aromatic carbocycles. The van der Waals surface area contributed by atoms with Crippen molar-refractivity contribution >= 4 is 12.1 Å². The molecule has 5 nitrogen and oxygen atoms in total. The molecule has 0 bridgehead atoms. The molecule has 0 aromatic heterocycles. The number of nitrogens with one attached hydrogen (secondary N) is 1. The number of amides is 1. The van der Waals surface area contributed by atoms with Crippen LogP contribution in [0.25, 0.3) is 11.1 Å². The fourth-order valence-corrected chi connectivity index (χ4v) is 2.59. The number of hydrogen-bond donors (Lipinski definition) is 1.